The van der Waals surface area contributed by atoms with Crippen LogP contribution >= 0.6 is 0 Å². The van der Waals surface area contributed by atoms with Crippen molar-refractivity contribution in [3.05, 3.63) is 0 Å². The predicted molar refractivity (Wildman–Crippen MR) is 80.4 cm³/mol. The summed E-state index contributed by atoms with van der Waals surface area (Å²) in [5.74, 6) is -0.538. The van der Waals surface area contributed by atoms with E-state index < -0.39 is 11.5 Å². The van der Waals surface area contributed by atoms with Gasteiger partial charge in [-0.15, -0.1) is 0 Å². The number of amides is 1. The largest absolute Gasteiger partial charge is 0.466 e. The number of piperidine rings is 1. The zero-order valence-electron chi connectivity index (χ0n) is 14.0. The van der Waals surface area contributed by atoms with Crippen LogP contribution in [0.5, 0.6) is 0 Å². The second-order valence-electron chi connectivity index (χ2n) is 6.98. The maximum Gasteiger partial charge on any atom is 0.410 e. The van der Waals surface area contributed by atoms with Crippen LogP contribution in [0.3, 0.4) is 0 Å². The fourth-order valence-electron chi connectivity index (χ4n) is 3.14. The first-order valence-electron chi connectivity index (χ1n) is 8.08. The molecule has 22 heavy (non-hydrogen) atoms. The summed E-state index contributed by atoms with van der Waals surface area (Å²) in [5, 5.41) is 0. The SMILES string of the molecule is CCOC(=O)[C@H]1CN(C(=O)OC(C)(C)C)C[C@H]2CCCO[C@H]21. The van der Waals surface area contributed by atoms with Gasteiger partial charge in [0, 0.05) is 25.6 Å². The molecule has 0 bridgehead atoms. The van der Waals surface area contributed by atoms with Crippen LogP contribution in [0.4, 0.5) is 4.79 Å². The number of ether oxygens (including phenoxy) is 3. The molecule has 6 nitrogen and oxygen atoms in total. The van der Waals surface area contributed by atoms with Crippen molar-refractivity contribution in [2.24, 2.45) is 11.8 Å². The molecule has 2 aliphatic heterocycles. The van der Waals surface area contributed by atoms with E-state index in [9.17, 15) is 9.59 Å². The summed E-state index contributed by atoms with van der Waals surface area (Å²) in [7, 11) is 0. The molecule has 0 saturated carbocycles. The van der Waals surface area contributed by atoms with Crippen LogP contribution in [0.2, 0.25) is 0 Å². The third-order valence-electron chi connectivity index (χ3n) is 4.00. The molecule has 0 radical (unpaired) electrons. The van der Waals surface area contributed by atoms with Gasteiger partial charge in [0.15, 0.2) is 0 Å². The van der Waals surface area contributed by atoms with Gasteiger partial charge in [0.25, 0.3) is 0 Å². The van der Waals surface area contributed by atoms with Crippen molar-refractivity contribution >= 4 is 12.1 Å². The fourth-order valence-corrected chi connectivity index (χ4v) is 3.14. The third-order valence-corrected chi connectivity index (χ3v) is 4.00. The number of esters is 1. The van der Waals surface area contributed by atoms with Crippen molar-refractivity contribution in [2.75, 3.05) is 26.3 Å². The molecule has 6 heteroatoms. The standard InChI is InChI=1S/C16H27NO5/c1-5-20-14(18)12-10-17(15(19)22-16(2,3)4)9-11-7-6-8-21-13(11)12/h11-13H,5-10H2,1-4H3/t11-,12+,13-/m1/s1. The van der Waals surface area contributed by atoms with Gasteiger partial charge in [0.2, 0.25) is 0 Å². The molecule has 0 N–H and O–H groups in total. The van der Waals surface area contributed by atoms with Gasteiger partial charge >= 0.3 is 12.1 Å². The van der Waals surface area contributed by atoms with Crippen LogP contribution in [-0.4, -0.2) is 55.0 Å². The first-order valence-corrected chi connectivity index (χ1v) is 8.08. The number of carbonyl (C=O) groups excluding carboxylic acids is 2. The Balaban J connectivity index is 2.10. The van der Waals surface area contributed by atoms with Crippen molar-refractivity contribution in [3.63, 3.8) is 0 Å². The Kier molecular flexibility index (Phi) is 5.32. The van der Waals surface area contributed by atoms with Crippen molar-refractivity contribution < 1.29 is 23.8 Å². The van der Waals surface area contributed by atoms with Crippen LogP contribution in [0.1, 0.15) is 40.5 Å². The molecule has 2 fully saturated rings. The van der Waals surface area contributed by atoms with Gasteiger partial charge in [-0.1, -0.05) is 0 Å². The second kappa shape index (κ2) is 6.86. The highest BCUT2D eigenvalue weighted by atomic mass is 16.6. The van der Waals surface area contributed by atoms with Crippen LogP contribution in [0, 0.1) is 11.8 Å². The van der Waals surface area contributed by atoms with Gasteiger partial charge in [-0.05, 0) is 40.5 Å². The maximum atomic E-state index is 12.3. The van der Waals surface area contributed by atoms with Gasteiger partial charge in [0.05, 0.1) is 12.7 Å². The summed E-state index contributed by atoms with van der Waals surface area (Å²) in [6, 6.07) is 0. The van der Waals surface area contributed by atoms with Gasteiger partial charge in [0.1, 0.15) is 11.5 Å². The zero-order valence-corrected chi connectivity index (χ0v) is 14.0. The highest BCUT2D eigenvalue weighted by molar-refractivity contribution is 5.75. The quantitative estimate of drug-likeness (QED) is 0.731. The zero-order chi connectivity index (χ0) is 16.3. The average molecular weight is 313 g/mol. The van der Waals surface area contributed by atoms with Crippen molar-refractivity contribution in [1.82, 2.24) is 4.90 Å². The molecule has 1 amide bonds. The lowest BCUT2D eigenvalue weighted by Crippen LogP contribution is -2.56. The number of fused-ring (bicyclic) bond motifs is 1. The molecule has 3 atom stereocenters. The Labute approximate surface area is 132 Å². The van der Waals surface area contributed by atoms with E-state index in [1.807, 2.05) is 20.8 Å². The van der Waals surface area contributed by atoms with Crippen molar-refractivity contribution in [1.29, 1.82) is 0 Å². The van der Waals surface area contributed by atoms with E-state index in [1.165, 1.54) is 0 Å². The molecule has 2 aliphatic rings. The molecule has 2 heterocycles. The summed E-state index contributed by atoms with van der Waals surface area (Å²) in [5.41, 5.74) is -0.545. The van der Waals surface area contributed by atoms with Crippen LogP contribution in [0.25, 0.3) is 0 Å². The van der Waals surface area contributed by atoms with Gasteiger partial charge in [-0.2, -0.15) is 0 Å². The summed E-state index contributed by atoms with van der Waals surface area (Å²) >= 11 is 0. The van der Waals surface area contributed by atoms with Crippen molar-refractivity contribution in [3.8, 4) is 0 Å². The van der Waals surface area contributed by atoms with E-state index in [2.05, 4.69) is 0 Å². The minimum absolute atomic E-state index is 0.147. The predicted octanol–water partition coefficient (Wildman–Crippen LogP) is 2.21. The van der Waals surface area contributed by atoms with Gasteiger partial charge in [-0.3, -0.25) is 4.79 Å². The van der Waals surface area contributed by atoms with Gasteiger partial charge < -0.3 is 19.1 Å². The van der Waals surface area contributed by atoms with E-state index in [1.54, 1.807) is 11.8 Å². The van der Waals surface area contributed by atoms with Crippen molar-refractivity contribution in [2.45, 2.75) is 52.2 Å². The molecule has 0 aromatic rings. The first kappa shape index (κ1) is 17.1. The molecule has 0 unspecified atom stereocenters. The summed E-state index contributed by atoms with van der Waals surface area (Å²) in [6.45, 7) is 9.18. The number of nitrogens with zero attached hydrogens (tertiary/aromatic N) is 1. The highest BCUT2D eigenvalue weighted by Gasteiger charge is 2.45. The lowest BCUT2D eigenvalue weighted by Gasteiger charge is -2.44. The molecule has 0 spiro atoms. The smallest absolute Gasteiger partial charge is 0.410 e. The second-order valence-corrected chi connectivity index (χ2v) is 6.98. The molecular weight excluding hydrogens is 286 g/mol. The molecule has 126 valence electrons. The summed E-state index contributed by atoms with van der Waals surface area (Å²) in [6.07, 6.45) is 1.40. The molecule has 2 saturated heterocycles. The number of carbonyl (C=O) groups is 2. The average Bonchev–Trinajstić information content (AvgIpc) is 2.44. The number of hydrogen-bond acceptors (Lipinski definition) is 5. The normalized spacial score (nSPS) is 28.7. The maximum absolute atomic E-state index is 12.3. The topological polar surface area (TPSA) is 65.1 Å². The Morgan fingerprint density at radius 1 is 1.27 bits per heavy atom. The highest BCUT2D eigenvalue weighted by Crippen LogP contribution is 2.33. The number of likely N-dealkylation sites (tertiary alicyclic amines) is 1. The first-order chi connectivity index (χ1) is 10.3. The van der Waals surface area contributed by atoms with E-state index >= 15 is 0 Å². The minimum Gasteiger partial charge on any atom is -0.466 e. The van der Waals surface area contributed by atoms with E-state index in [0.29, 0.717) is 26.3 Å². The molecule has 0 aromatic carbocycles. The van der Waals surface area contributed by atoms with Crippen LogP contribution in [-0.2, 0) is 19.0 Å². The fraction of sp³-hybridized carbons (Fsp3) is 0.875. The van der Waals surface area contributed by atoms with E-state index in [-0.39, 0.29) is 24.1 Å². The summed E-state index contributed by atoms with van der Waals surface area (Å²) in [4.78, 5) is 26.2. The third kappa shape index (κ3) is 4.12. The lowest BCUT2D eigenvalue weighted by molar-refractivity contribution is -0.165. The Bertz CT molecular complexity index is 417. The molecule has 2 rings (SSSR count). The Hall–Kier alpha value is -1.30. The molecule has 0 aromatic heterocycles. The van der Waals surface area contributed by atoms with Gasteiger partial charge in [-0.25, -0.2) is 4.79 Å². The van der Waals surface area contributed by atoms with E-state index in [0.717, 1.165) is 12.8 Å². The number of rotatable bonds is 2. The summed E-state index contributed by atoms with van der Waals surface area (Å²) < 4.78 is 16.4. The monoisotopic (exact) mass is 313 g/mol. The van der Waals surface area contributed by atoms with Crippen LogP contribution < -0.4 is 0 Å². The lowest BCUT2D eigenvalue weighted by atomic mass is 9.82. The van der Waals surface area contributed by atoms with Crippen LogP contribution in [0.15, 0.2) is 0 Å². The Morgan fingerprint density at radius 3 is 2.64 bits per heavy atom. The molecule has 0 aliphatic carbocycles. The number of hydrogen-bond donors (Lipinski definition) is 0. The van der Waals surface area contributed by atoms with E-state index in [4.69, 9.17) is 14.2 Å². The minimum atomic E-state index is -0.545. The molecular formula is C16H27NO5. The Morgan fingerprint density at radius 2 is 2.00 bits per heavy atom.